The monoisotopic (exact) mass is 404 g/mol. The van der Waals surface area contributed by atoms with Gasteiger partial charge in [0.25, 0.3) is 0 Å². The van der Waals surface area contributed by atoms with Gasteiger partial charge in [-0.25, -0.2) is 9.97 Å². The summed E-state index contributed by atoms with van der Waals surface area (Å²) in [7, 11) is 2.20. The molecule has 1 saturated heterocycles. The molecule has 0 bridgehead atoms. The van der Waals surface area contributed by atoms with Gasteiger partial charge in [-0.1, -0.05) is 6.07 Å². The van der Waals surface area contributed by atoms with Crippen LogP contribution in [0.4, 0.5) is 0 Å². The van der Waals surface area contributed by atoms with Crippen LogP contribution in [0.3, 0.4) is 0 Å². The molecule has 4 aromatic rings. The Morgan fingerprint density at radius 1 is 1.14 bits per heavy atom. The molecule has 0 aliphatic carbocycles. The fraction of sp³-hybridized carbons (Fsp3) is 0.318. The molecule has 4 aromatic heterocycles. The quantitative estimate of drug-likeness (QED) is 0.520. The van der Waals surface area contributed by atoms with Gasteiger partial charge in [0.05, 0.1) is 28.6 Å². The molecule has 29 heavy (non-hydrogen) atoms. The summed E-state index contributed by atoms with van der Waals surface area (Å²) in [6.45, 7) is 6.15. The van der Waals surface area contributed by atoms with Gasteiger partial charge in [-0.2, -0.15) is 0 Å². The maximum absolute atomic E-state index is 4.99. The number of rotatable bonds is 4. The highest BCUT2D eigenvalue weighted by Crippen LogP contribution is 2.28. The van der Waals surface area contributed by atoms with Crippen LogP contribution in [0.25, 0.3) is 16.9 Å². The van der Waals surface area contributed by atoms with Crippen LogP contribution in [0.1, 0.15) is 22.3 Å². The number of pyridine rings is 2. The summed E-state index contributed by atoms with van der Waals surface area (Å²) in [6, 6.07) is 10.7. The molecule has 0 aromatic carbocycles. The number of nitrogens with zero attached hydrogens (tertiary/aromatic N) is 6. The summed E-state index contributed by atoms with van der Waals surface area (Å²) in [5, 5.41) is 0. The van der Waals surface area contributed by atoms with Crippen molar-refractivity contribution >= 4 is 17.0 Å². The fourth-order valence-corrected chi connectivity index (χ4v) is 4.84. The Labute approximate surface area is 174 Å². The lowest BCUT2D eigenvalue weighted by Gasteiger charge is -2.38. The number of imidazole rings is 1. The Hall–Kier alpha value is -2.61. The molecule has 1 aliphatic rings. The van der Waals surface area contributed by atoms with Gasteiger partial charge in [0.15, 0.2) is 0 Å². The number of likely N-dealkylation sites (N-methyl/N-ethyl adjacent to an activating group) is 1. The van der Waals surface area contributed by atoms with Crippen molar-refractivity contribution in [3.8, 4) is 11.3 Å². The van der Waals surface area contributed by atoms with E-state index in [0.29, 0.717) is 0 Å². The number of aromatic nitrogens is 4. The molecule has 1 fully saturated rings. The molecule has 7 heteroatoms. The van der Waals surface area contributed by atoms with Gasteiger partial charge in [-0.15, -0.1) is 11.3 Å². The van der Waals surface area contributed by atoms with Crippen LogP contribution >= 0.6 is 11.3 Å². The summed E-state index contributed by atoms with van der Waals surface area (Å²) >= 11 is 1.75. The molecule has 5 rings (SSSR count). The molecule has 0 unspecified atom stereocenters. The third-order valence-corrected chi connectivity index (χ3v) is 6.69. The van der Waals surface area contributed by atoms with Crippen molar-refractivity contribution in [2.24, 2.45) is 0 Å². The lowest BCUT2D eigenvalue weighted by molar-refractivity contribution is 0.0891. The summed E-state index contributed by atoms with van der Waals surface area (Å²) in [5.41, 5.74) is 7.49. The molecule has 0 amide bonds. The average molecular weight is 405 g/mol. The summed E-state index contributed by atoms with van der Waals surface area (Å²) in [6.07, 6.45) is 5.87. The number of thiazole rings is 1. The zero-order valence-corrected chi connectivity index (χ0v) is 17.5. The van der Waals surface area contributed by atoms with Gasteiger partial charge >= 0.3 is 0 Å². The van der Waals surface area contributed by atoms with E-state index < -0.39 is 0 Å². The molecule has 0 N–H and O–H groups in total. The average Bonchev–Trinajstić information content (AvgIpc) is 3.36. The van der Waals surface area contributed by atoms with Crippen LogP contribution in [0.2, 0.25) is 0 Å². The van der Waals surface area contributed by atoms with E-state index in [4.69, 9.17) is 4.98 Å². The van der Waals surface area contributed by atoms with Crippen molar-refractivity contribution in [1.29, 1.82) is 0 Å². The molecule has 0 spiro atoms. The van der Waals surface area contributed by atoms with Gasteiger partial charge in [0.1, 0.15) is 5.65 Å². The van der Waals surface area contributed by atoms with Gasteiger partial charge in [0, 0.05) is 55.2 Å². The van der Waals surface area contributed by atoms with Gasteiger partial charge in [0.2, 0.25) is 0 Å². The van der Waals surface area contributed by atoms with Crippen molar-refractivity contribution < 1.29 is 0 Å². The van der Waals surface area contributed by atoms with Crippen molar-refractivity contribution in [3.05, 3.63) is 70.7 Å². The highest BCUT2D eigenvalue weighted by molar-refractivity contribution is 7.09. The first-order chi connectivity index (χ1) is 14.2. The van der Waals surface area contributed by atoms with E-state index >= 15 is 0 Å². The third kappa shape index (κ3) is 3.57. The molecular weight excluding hydrogens is 380 g/mol. The minimum absolute atomic E-state index is 0.280. The zero-order chi connectivity index (χ0) is 19.8. The molecular formula is C22H24N6S. The Bertz CT molecular complexity index is 1120. The van der Waals surface area contributed by atoms with E-state index in [2.05, 4.69) is 62.5 Å². The number of fused-ring (bicyclic) bond motifs is 1. The number of hydrogen-bond acceptors (Lipinski definition) is 6. The van der Waals surface area contributed by atoms with Crippen LogP contribution in [-0.2, 0) is 6.54 Å². The highest BCUT2D eigenvalue weighted by Gasteiger charge is 2.28. The van der Waals surface area contributed by atoms with Crippen LogP contribution < -0.4 is 0 Å². The van der Waals surface area contributed by atoms with Crippen molar-refractivity contribution in [3.63, 3.8) is 0 Å². The second-order valence-corrected chi connectivity index (χ2v) is 8.57. The number of hydrogen-bond donors (Lipinski definition) is 0. The maximum Gasteiger partial charge on any atom is 0.137 e. The predicted molar refractivity (Wildman–Crippen MR) is 116 cm³/mol. The summed E-state index contributed by atoms with van der Waals surface area (Å²) < 4.78 is 2.20. The van der Waals surface area contributed by atoms with Crippen LogP contribution in [-0.4, -0.2) is 55.8 Å². The molecule has 1 aliphatic heterocycles. The molecule has 5 heterocycles. The third-order valence-electron chi connectivity index (χ3n) is 5.77. The van der Waals surface area contributed by atoms with Crippen LogP contribution in [0.15, 0.2) is 54.4 Å². The molecule has 0 saturated carbocycles. The lowest BCUT2D eigenvalue weighted by Crippen LogP contribution is -2.46. The molecule has 0 radical (unpaired) electrons. The Balaban J connectivity index is 1.45. The Kier molecular flexibility index (Phi) is 4.87. The second kappa shape index (κ2) is 7.67. The molecule has 1 atom stereocenters. The van der Waals surface area contributed by atoms with Crippen LogP contribution in [0, 0.1) is 6.92 Å². The zero-order valence-electron chi connectivity index (χ0n) is 16.7. The lowest BCUT2D eigenvalue weighted by atomic mass is 10.1. The van der Waals surface area contributed by atoms with Crippen molar-refractivity contribution in [2.45, 2.75) is 19.5 Å². The van der Waals surface area contributed by atoms with Crippen molar-refractivity contribution in [1.82, 2.24) is 29.2 Å². The normalized spacial score (nSPS) is 18.5. The standard InChI is InChI=1S/C22H24N6S/c1-16-21(29-15-24-16)14-27-11-10-26(2)20(13-27)18-12-28-19(4-3-5-22(28)25-18)17-6-8-23-9-7-17/h3-9,12,15,20H,10-11,13-14H2,1-2H3/t20-/m1/s1. The smallest absolute Gasteiger partial charge is 0.137 e. The SMILES string of the molecule is Cc1ncsc1CN1CCN(C)[C@@H](c2cn3c(-c4ccncc4)cccc3n2)C1. The molecule has 148 valence electrons. The number of piperazine rings is 1. The Morgan fingerprint density at radius 3 is 2.79 bits per heavy atom. The number of aryl methyl sites for hydroxylation is 1. The Morgan fingerprint density at radius 2 is 2.00 bits per heavy atom. The fourth-order valence-electron chi connectivity index (χ4n) is 4.02. The van der Waals surface area contributed by atoms with Crippen LogP contribution in [0.5, 0.6) is 0 Å². The summed E-state index contributed by atoms with van der Waals surface area (Å²) in [5.74, 6) is 0. The van der Waals surface area contributed by atoms with E-state index in [0.717, 1.165) is 54.5 Å². The van der Waals surface area contributed by atoms with Crippen molar-refractivity contribution in [2.75, 3.05) is 26.7 Å². The minimum atomic E-state index is 0.280. The summed E-state index contributed by atoms with van der Waals surface area (Å²) in [4.78, 5) is 19.8. The highest BCUT2D eigenvalue weighted by atomic mass is 32.1. The first-order valence-corrected chi connectivity index (χ1v) is 10.8. The van der Waals surface area contributed by atoms with E-state index in [1.165, 1.54) is 4.88 Å². The topological polar surface area (TPSA) is 49.6 Å². The molecule has 6 nitrogen and oxygen atoms in total. The van der Waals surface area contributed by atoms with Gasteiger partial charge in [-0.05, 0) is 38.2 Å². The maximum atomic E-state index is 4.99. The van der Waals surface area contributed by atoms with Gasteiger partial charge < -0.3 is 0 Å². The first kappa shape index (κ1) is 18.4. The first-order valence-electron chi connectivity index (χ1n) is 9.89. The van der Waals surface area contributed by atoms with E-state index in [-0.39, 0.29) is 6.04 Å². The van der Waals surface area contributed by atoms with Gasteiger partial charge in [-0.3, -0.25) is 19.2 Å². The second-order valence-electron chi connectivity index (χ2n) is 7.63. The largest absolute Gasteiger partial charge is 0.299 e. The predicted octanol–water partition coefficient (Wildman–Crippen LogP) is 3.65. The van der Waals surface area contributed by atoms with E-state index in [9.17, 15) is 0 Å². The minimum Gasteiger partial charge on any atom is -0.299 e. The van der Waals surface area contributed by atoms with E-state index in [1.807, 2.05) is 30.0 Å². The van der Waals surface area contributed by atoms with E-state index in [1.54, 1.807) is 11.3 Å².